The van der Waals surface area contributed by atoms with Gasteiger partial charge in [0.05, 0.1) is 24.2 Å². The maximum atomic E-state index is 5.33. The second kappa shape index (κ2) is 7.70. The van der Waals surface area contributed by atoms with Crippen molar-refractivity contribution in [1.29, 1.82) is 0 Å². The van der Waals surface area contributed by atoms with Gasteiger partial charge in [-0.15, -0.1) is 0 Å². The zero-order valence-corrected chi connectivity index (χ0v) is 14.8. The number of furan rings is 1. The fourth-order valence-corrected chi connectivity index (χ4v) is 2.72. The highest BCUT2D eigenvalue weighted by Gasteiger charge is 2.09. The minimum absolute atomic E-state index is 0.589. The lowest BCUT2D eigenvalue weighted by atomic mass is 10.1. The number of guanidine groups is 1. The Balaban J connectivity index is 1.69. The first kappa shape index (κ1) is 16.8. The topological polar surface area (TPSA) is 67.4 Å². The van der Waals surface area contributed by atoms with Gasteiger partial charge in [0.25, 0.3) is 0 Å². The Morgan fingerprint density at radius 2 is 1.92 bits per heavy atom. The molecule has 0 aliphatic carbocycles. The molecule has 6 heteroatoms. The van der Waals surface area contributed by atoms with E-state index in [9.17, 15) is 0 Å². The van der Waals surface area contributed by atoms with Gasteiger partial charge in [0.1, 0.15) is 5.76 Å². The Hall–Kier alpha value is -3.02. The van der Waals surface area contributed by atoms with Crippen LogP contribution in [-0.2, 0) is 13.1 Å². The van der Waals surface area contributed by atoms with Gasteiger partial charge in [0.2, 0.25) is 0 Å². The number of rotatable bonds is 5. The highest BCUT2D eigenvalue weighted by Crippen LogP contribution is 2.16. The van der Waals surface area contributed by atoms with Crippen LogP contribution in [0.2, 0.25) is 0 Å². The molecule has 0 aliphatic rings. The summed E-state index contributed by atoms with van der Waals surface area (Å²) in [5, 5.41) is 11.2. The molecule has 2 aromatic heterocycles. The molecule has 0 saturated carbocycles. The lowest BCUT2D eigenvalue weighted by Gasteiger charge is -2.14. The molecule has 0 bridgehead atoms. The first-order chi connectivity index (χ1) is 12.2. The number of benzene rings is 1. The van der Waals surface area contributed by atoms with Gasteiger partial charge >= 0.3 is 0 Å². The summed E-state index contributed by atoms with van der Waals surface area (Å²) in [5.74, 6) is 1.59. The normalized spacial score (nSPS) is 11.6. The first-order valence-electron chi connectivity index (χ1n) is 8.26. The molecule has 0 fully saturated rings. The van der Waals surface area contributed by atoms with Crippen LogP contribution in [0.25, 0.3) is 5.69 Å². The van der Waals surface area contributed by atoms with Crippen LogP contribution in [0.15, 0.2) is 58.1 Å². The molecule has 2 heterocycles. The summed E-state index contributed by atoms with van der Waals surface area (Å²) in [6.07, 6.45) is 1.66. The zero-order valence-electron chi connectivity index (χ0n) is 14.8. The third kappa shape index (κ3) is 4.09. The van der Waals surface area contributed by atoms with Crippen molar-refractivity contribution in [2.24, 2.45) is 4.99 Å². The maximum absolute atomic E-state index is 5.33. The smallest absolute Gasteiger partial charge is 0.191 e. The van der Waals surface area contributed by atoms with E-state index in [1.807, 2.05) is 35.9 Å². The number of hydrogen-bond donors (Lipinski definition) is 2. The second-order valence-electron chi connectivity index (χ2n) is 5.83. The third-order valence-electron chi connectivity index (χ3n) is 3.91. The number of aryl methyl sites for hydroxylation is 2. The summed E-state index contributed by atoms with van der Waals surface area (Å²) in [5.41, 5.74) is 4.35. The van der Waals surface area contributed by atoms with Gasteiger partial charge in [-0.05, 0) is 43.7 Å². The highest BCUT2D eigenvalue weighted by atomic mass is 16.3. The summed E-state index contributed by atoms with van der Waals surface area (Å²) >= 11 is 0. The zero-order chi connectivity index (χ0) is 17.6. The van der Waals surface area contributed by atoms with E-state index >= 15 is 0 Å². The number of aromatic nitrogens is 2. The fourth-order valence-electron chi connectivity index (χ4n) is 2.72. The molecular weight excluding hydrogens is 314 g/mol. The molecule has 3 rings (SSSR count). The van der Waals surface area contributed by atoms with Crippen LogP contribution < -0.4 is 10.6 Å². The fraction of sp³-hybridized carbons (Fsp3) is 0.263. The Kier molecular flexibility index (Phi) is 5.18. The van der Waals surface area contributed by atoms with Crippen LogP contribution in [0.4, 0.5) is 0 Å². The summed E-state index contributed by atoms with van der Waals surface area (Å²) < 4.78 is 7.30. The van der Waals surface area contributed by atoms with Gasteiger partial charge < -0.3 is 15.1 Å². The van der Waals surface area contributed by atoms with Crippen LogP contribution in [-0.4, -0.2) is 22.8 Å². The Morgan fingerprint density at radius 1 is 1.12 bits per heavy atom. The van der Waals surface area contributed by atoms with Gasteiger partial charge in [-0.2, -0.15) is 5.10 Å². The monoisotopic (exact) mass is 337 g/mol. The molecule has 6 nitrogen and oxygen atoms in total. The van der Waals surface area contributed by atoms with E-state index in [1.165, 1.54) is 0 Å². The van der Waals surface area contributed by atoms with Crippen LogP contribution in [0.1, 0.15) is 22.7 Å². The van der Waals surface area contributed by atoms with Crippen molar-refractivity contribution in [2.75, 3.05) is 7.05 Å². The Morgan fingerprint density at radius 3 is 2.60 bits per heavy atom. The van der Waals surface area contributed by atoms with Crippen LogP contribution in [0, 0.1) is 13.8 Å². The molecule has 0 aliphatic heterocycles. The molecule has 0 amide bonds. The molecule has 0 unspecified atom stereocenters. The SMILES string of the molecule is CN=C(NCc1ccco1)NCc1ccccc1-n1nc(C)cc1C. The average Bonchev–Trinajstić information content (AvgIpc) is 3.24. The Bertz CT molecular complexity index is 849. The van der Waals surface area contributed by atoms with Gasteiger partial charge in [-0.1, -0.05) is 18.2 Å². The minimum Gasteiger partial charge on any atom is -0.467 e. The molecule has 0 atom stereocenters. The number of nitrogens with zero attached hydrogens (tertiary/aromatic N) is 3. The van der Waals surface area contributed by atoms with Gasteiger partial charge in [-0.25, -0.2) is 4.68 Å². The summed E-state index contributed by atoms with van der Waals surface area (Å²) in [6.45, 7) is 5.30. The van der Waals surface area contributed by atoms with Crippen molar-refractivity contribution in [3.05, 3.63) is 71.4 Å². The van der Waals surface area contributed by atoms with Crippen LogP contribution in [0.5, 0.6) is 0 Å². The maximum Gasteiger partial charge on any atom is 0.191 e. The predicted molar refractivity (Wildman–Crippen MR) is 98.8 cm³/mol. The number of nitrogens with one attached hydrogen (secondary N) is 2. The number of hydrogen-bond acceptors (Lipinski definition) is 3. The number of para-hydroxylation sites is 1. The van der Waals surface area contributed by atoms with Crippen molar-refractivity contribution in [2.45, 2.75) is 26.9 Å². The second-order valence-corrected chi connectivity index (χ2v) is 5.83. The van der Waals surface area contributed by atoms with Gasteiger partial charge in [-0.3, -0.25) is 4.99 Å². The van der Waals surface area contributed by atoms with E-state index in [2.05, 4.69) is 45.8 Å². The standard InChI is InChI=1S/C19H23N5O/c1-14-11-15(2)24(23-14)18-9-5-4-7-16(18)12-21-19(20-3)22-13-17-8-6-10-25-17/h4-11H,12-13H2,1-3H3,(H2,20,21,22). The number of aliphatic imine (C=N–C) groups is 1. The van der Waals surface area contributed by atoms with Gasteiger partial charge in [0.15, 0.2) is 5.96 Å². The predicted octanol–water partition coefficient (Wildman–Crippen LogP) is 2.95. The molecule has 1 aromatic carbocycles. The summed E-state index contributed by atoms with van der Waals surface area (Å²) in [6, 6.07) is 14.1. The van der Waals surface area contributed by atoms with Gasteiger partial charge in [0, 0.05) is 19.3 Å². The largest absolute Gasteiger partial charge is 0.467 e. The van der Waals surface area contributed by atoms with Crippen molar-refractivity contribution in [1.82, 2.24) is 20.4 Å². The molecule has 0 spiro atoms. The van der Waals surface area contributed by atoms with E-state index in [1.54, 1.807) is 13.3 Å². The van der Waals surface area contributed by atoms with Crippen LogP contribution >= 0.6 is 0 Å². The molecule has 25 heavy (non-hydrogen) atoms. The van der Waals surface area contributed by atoms with E-state index in [4.69, 9.17) is 4.42 Å². The van der Waals surface area contributed by atoms with Crippen molar-refractivity contribution >= 4 is 5.96 Å². The Labute approximate surface area is 147 Å². The van der Waals surface area contributed by atoms with Crippen molar-refractivity contribution in [3.63, 3.8) is 0 Å². The molecular formula is C19H23N5O. The molecule has 0 saturated heterocycles. The molecule has 3 aromatic rings. The van der Waals surface area contributed by atoms with E-state index in [0.29, 0.717) is 13.1 Å². The quantitative estimate of drug-likeness (QED) is 0.555. The minimum atomic E-state index is 0.589. The highest BCUT2D eigenvalue weighted by molar-refractivity contribution is 5.79. The summed E-state index contributed by atoms with van der Waals surface area (Å²) in [7, 11) is 1.75. The van der Waals surface area contributed by atoms with Crippen LogP contribution in [0.3, 0.4) is 0 Å². The van der Waals surface area contributed by atoms with E-state index in [0.717, 1.165) is 34.4 Å². The summed E-state index contributed by atoms with van der Waals surface area (Å²) in [4.78, 5) is 4.26. The lowest BCUT2D eigenvalue weighted by Crippen LogP contribution is -2.36. The van der Waals surface area contributed by atoms with Crippen molar-refractivity contribution in [3.8, 4) is 5.69 Å². The third-order valence-corrected chi connectivity index (χ3v) is 3.91. The average molecular weight is 337 g/mol. The lowest BCUT2D eigenvalue weighted by molar-refractivity contribution is 0.501. The first-order valence-corrected chi connectivity index (χ1v) is 8.26. The van der Waals surface area contributed by atoms with E-state index < -0.39 is 0 Å². The van der Waals surface area contributed by atoms with Crippen molar-refractivity contribution < 1.29 is 4.42 Å². The molecule has 0 radical (unpaired) electrons. The van der Waals surface area contributed by atoms with E-state index in [-0.39, 0.29) is 0 Å². The molecule has 130 valence electrons. The molecule has 2 N–H and O–H groups in total.